The highest BCUT2D eigenvalue weighted by molar-refractivity contribution is 7.47. The van der Waals surface area contributed by atoms with Crippen molar-refractivity contribution in [2.24, 2.45) is 10.7 Å². The van der Waals surface area contributed by atoms with E-state index >= 15 is 8.78 Å². The summed E-state index contributed by atoms with van der Waals surface area (Å²) in [6.45, 7) is -1.87. The molecule has 3 saturated heterocycles. The summed E-state index contributed by atoms with van der Waals surface area (Å²) in [5.41, 5.74) is 11.5. The maximum Gasteiger partial charge on any atom is 0.472 e. The number of carbonyl (C=O) groups excluding carboxylic acids is 1. The van der Waals surface area contributed by atoms with Gasteiger partial charge in [-0.1, -0.05) is 0 Å². The number of alkyl halides is 2. The number of imidazole rings is 2. The molecule has 3 aromatic rings. The minimum Gasteiger partial charge on any atom is -0.387 e. The molecular formula is C21H23F2N9O11P2. The lowest BCUT2D eigenvalue weighted by Gasteiger charge is -2.27. The zero-order valence-electron chi connectivity index (χ0n) is 22.5. The Kier molecular flexibility index (Phi) is 7.36. The first-order valence-corrected chi connectivity index (χ1v) is 16.1. The molecule has 3 fully saturated rings. The van der Waals surface area contributed by atoms with Crippen LogP contribution in [0.15, 0.2) is 24.0 Å². The zero-order chi connectivity index (χ0) is 31.8. The van der Waals surface area contributed by atoms with Gasteiger partial charge in [0.2, 0.25) is 0 Å². The van der Waals surface area contributed by atoms with Gasteiger partial charge in [0, 0.05) is 0 Å². The number of phosphoric ester groups is 2. The highest BCUT2D eigenvalue weighted by Crippen LogP contribution is 2.54. The van der Waals surface area contributed by atoms with E-state index in [4.69, 9.17) is 39.0 Å². The molecule has 3 aromatic heterocycles. The minimum atomic E-state index is -5.17. The number of ketones is 1. The number of aliphatic imine (C=N–C) groups is 1. The van der Waals surface area contributed by atoms with Crippen LogP contribution in [-0.4, -0.2) is 100 Å². The summed E-state index contributed by atoms with van der Waals surface area (Å²) in [6, 6.07) is 0. The van der Waals surface area contributed by atoms with Gasteiger partial charge in [-0.15, -0.1) is 0 Å². The van der Waals surface area contributed by atoms with Crippen molar-refractivity contribution in [3.05, 3.63) is 24.7 Å². The highest BCUT2D eigenvalue weighted by Gasteiger charge is 2.55. The summed E-state index contributed by atoms with van der Waals surface area (Å²) in [7, 11) is -10.3. The van der Waals surface area contributed by atoms with E-state index in [0.29, 0.717) is 0 Å². The number of aromatic nitrogens is 6. The summed E-state index contributed by atoms with van der Waals surface area (Å²) in [6.07, 6.45) is -11.7. The lowest BCUT2D eigenvalue weighted by molar-refractivity contribution is -0.0664. The second-order valence-electron chi connectivity index (χ2n) is 10.3. The van der Waals surface area contributed by atoms with Crippen molar-refractivity contribution in [2.45, 2.75) is 55.6 Å². The smallest absolute Gasteiger partial charge is 0.387 e. The van der Waals surface area contributed by atoms with Crippen molar-refractivity contribution in [1.82, 2.24) is 29.1 Å². The summed E-state index contributed by atoms with van der Waals surface area (Å²) in [4.78, 5) is 53.1. The molecule has 0 saturated carbocycles. The first kappa shape index (κ1) is 30.4. The van der Waals surface area contributed by atoms with Gasteiger partial charge in [-0.05, 0) is 0 Å². The fourth-order valence-corrected chi connectivity index (χ4v) is 7.30. The van der Waals surface area contributed by atoms with E-state index in [-0.39, 0.29) is 40.7 Å². The molecule has 2 unspecified atom stereocenters. The number of nitrogens with two attached hydrogens (primary N) is 2. The third-order valence-corrected chi connectivity index (χ3v) is 9.38. The van der Waals surface area contributed by atoms with Gasteiger partial charge in [-0.3, -0.25) is 32.0 Å². The number of anilines is 1. The van der Waals surface area contributed by atoms with Crippen molar-refractivity contribution in [1.29, 1.82) is 0 Å². The molecule has 45 heavy (non-hydrogen) atoms. The Morgan fingerprint density at radius 2 is 1.44 bits per heavy atom. The number of amidine groups is 1. The van der Waals surface area contributed by atoms with E-state index in [9.17, 15) is 23.7 Å². The number of nitrogens with zero attached hydrogens (tertiary/aromatic N) is 7. The highest BCUT2D eigenvalue weighted by atomic mass is 31.2. The Hall–Kier alpha value is -3.30. The lowest BCUT2D eigenvalue weighted by atomic mass is 10.1. The zero-order valence-corrected chi connectivity index (χ0v) is 24.3. The minimum absolute atomic E-state index is 0.00991. The van der Waals surface area contributed by atoms with Crippen molar-refractivity contribution in [3.8, 4) is 0 Å². The predicted molar refractivity (Wildman–Crippen MR) is 141 cm³/mol. The third-order valence-electron chi connectivity index (χ3n) is 7.41. The molecule has 0 aromatic carbocycles. The maximum absolute atomic E-state index is 15.9. The number of nitrogen functional groups attached to an aromatic ring is 1. The van der Waals surface area contributed by atoms with Crippen LogP contribution in [0.4, 0.5) is 20.4 Å². The second kappa shape index (κ2) is 10.9. The largest absolute Gasteiger partial charge is 0.472 e. The number of Topliss-reactive ketones (excluding diaryl/α,β-unsaturated/α-hetero) is 1. The molecule has 0 aliphatic carbocycles. The second-order valence-corrected chi connectivity index (χ2v) is 13.1. The standard InChI is InChI=1S/C21H23F2N9O11P2/c22-11-15-8(40-20(11)31-6-29-14-17(25)26-4-27-18(14)31)2-38-45(36,37)43-16-9(3-39-44(34,35)42-15)41-21(12(16)23)32-5-28-13-7(33)1-10(24)30-19(13)32/h4-6,8-9,11-12,15-16,20-21H,1-3H2,(H2,24,30)(H,34,35)(H,36,37)(H2,25,26,27)/t8-,9-,11-,12-,15-,16-,20-,21-/m1/s1. The van der Waals surface area contributed by atoms with Crippen molar-refractivity contribution in [2.75, 3.05) is 18.9 Å². The Labute approximate surface area is 249 Å². The van der Waals surface area contributed by atoms with Crippen LogP contribution >= 0.6 is 15.6 Å². The third kappa shape index (κ3) is 5.35. The molecule has 20 nitrogen and oxygen atoms in total. The Morgan fingerprint density at radius 1 is 0.867 bits per heavy atom. The van der Waals surface area contributed by atoms with Crippen LogP contribution < -0.4 is 11.5 Å². The van der Waals surface area contributed by atoms with Gasteiger partial charge in [-0.2, -0.15) is 0 Å². The molecule has 10 atom stereocenters. The quantitative estimate of drug-likeness (QED) is 0.267. The molecule has 4 aliphatic heterocycles. The lowest BCUT2D eigenvalue weighted by Crippen LogP contribution is -2.37. The molecule has 242 valence electrons. The molecule has 0 spiro atoms. The van der Waals surface area contributed by atoms with Crippen LogP contribution in [0.5, 0.6) is 0 Å². The topological polar surface area (TPSA) is 273 Å². The molecule has 6 N–H and O–H groups in total. The van der Waals surface area contributed by atoms with E-state index < -0.39 is 83.9 Å². The van der Waals surface area contributed by atoms with E-state index in [1.807, 2.05) is 0 Å². The van der Waals surface area contributed by atoms with Gasteiger partial charge in [0.05, 0.1) is 32.3 Å². The number of halogens is 2. The monoisotopic (exact) mass is 677 g/mol. The SMILES string of the molecule is NC1=Nc2c(ncn2[C@@H]2O[C@@H]3COP(=O)(O)O[C@H]4[C@@H](F)[C@H](n5cnc6c(N)ncnc65)O[C@@H]4COP(=O)(O)O[C@H]3[C@H]2F)C(=O)C1. The van der Waals surface area contributed by atoms with Crippen LogP contribution in [0.1, 0.15) is 29.4 Å². The normalized spacial score (nSPS) is 39.0. The van der Waals surface area contributed by atoms with E-state index in [0.717, 1.165) is 28.1 Å². The predicted octanol–water partition coefficient (Wildman–Crippen LogP) is 0.369. The average Bonchev–Trinajstić information content (AvgIpc) is 3.72. The number of carbonyl (C=O) groups is 1. The molecule has 24 heteroatoms. The number of rotatable bonds is 2. The van der Waals surface area contributed by atoms with E-state index in [2.05, 4.69) is 24.9 Å². The summed E-state index contributed by atoms with van der Waals surface area (Å²) in [5.74, 6) is -0.700. The summed E-state index contributed by atoms with van der Waals surface area (Å²) < 4.78 is 91.4. The first-order chi connectivity index (χ1) is 21.3. The van der Waals surface area contributed by atoms with Gasteiger partial charge >= 0.3 is 15.6 Å². The van der Waals surface area contributed by atoms with Crippen LogP contribution in [0.25, 0.3) is 11.2 Å². The molecule has 0 bridgehead atoms. The fourth-order valence-electron chi connectivity index (χ4n) is 5.39. The van der Waals surface area contributed by atoms with E-state index in [1.54, 1.807) is 0 Å². The van der Waals surface area contributed by atoms with Crippen molar-refractivity contribution < 1.29 is 60.1 Å². The summed E-state index contributed by atoms with van der Waals surface area (Å²) in [5, 5.41) is 0. The van der Waals surface area contributed by atoms with Crippen molar-refractivity contribution >= 4 is 50.1 Å². The molecular weight excluding hydrogens is 654 g/mol. The average molecular weight is 677 g/mol. The maximum atomic E-state index is 15.9. The Morgan fingerprint density at radius 3 is 2.07 bits per heavy atom. The summed E-state index contributed by atoms with van der Waals surface area (Å²) >= 11 is 0. The first-order valence-electron chi connectivity index (χ1n) is 13.1. The number of hydrogen-bond acceptors (Lipinski definition) is 16. The molecule has 0 amide bonds. The molecule has 0 radical (unpaired) electrons. The molecule has 7 heterocycles. The van der Waals surface area contributed by atoms with Crippen LogP contribution in [0.2, 0.25) is 0 Å². The van der Waals surface area contributed by atoms with Gasteiger partial charge < -0.3 is 30.7 Å². The van der Waals surface area contributed by atoms with Crippen LogP contribution in [0.3, 0.4) is 0 Å². The molecule has 4 aliphatic rings. The molecule has 7 rings (SSSR count). The fraction of sp³-hybridized carbons (Fsp3) is 0.524. The van der Waals surface area contributed by atoms with Gasteiger partial charge in [0.15, 0.2) is 53.6 Å². The Balaban J connectivity index is 1.16. The van der Waals surface area contributed by atoms with E-state index in [1.165, 1.54) is 0 Å². The van der Waals surface area contributed by atoms with Crippen molar-refractivity contribution in [3.63, 3.8) is 0 Å². The Bertz CT molecular complexity index is 1810. The number of hydrogen-bond donors (Lipinski definition) is 4. The van der Waals surface area contributed by atoms with Gasteiger partial charge in [0.1, 0.15) is 42.1 Å². The number of ether oxygens (including phenoxy) is 2. The van der Waals surface area contributed by atoms with Gasteiger partial charge in [-0.25, -0.2) is 42.8 Å². The van der Waals surface area contributed by atoms with Crippen LogP contribution in [0, 0.1) is 0 Å². The van der Waals surface area contributed by atoms with Gasteiger partial charge in [0.25, 0.3) is 0 Å². The number of fused-ring (bicyclic) bond motifs is 4. The number of phosphoric acid groups is 2. The van der Waals surface area contributed by atoms with Crippen LogP contribution in [-0.2, 0) is 36.7 Å².